The number of esters is 1. The Hall–Kier alpha value is -2.57. The summed E-state index contributed by atoms with van der Waals surface area (Å²) in [6.45, 7) is 2.96. The predicted octanol–water partition coefficient (Wildman–Crippen LogP) is 2.37. The van der Waals surface area contributed by atoms with Gasteiger partial charge in [0.15, 0.2) is 6.10 Å². The lowest BCUT2D eigenvalue weighted by atomic mass is 9.85. The third-order valence-corrected chi connectivity index (χ3v) is 4.54. The lowest BCUT2D eigenvalue weighted by Crippen LogP contribution is -2.46. The van der Waals surface area contributed by atoms with Gasteiger partial charge in [-0.05, 0) is 26.0 Å². The number of nitrogens with one attached hydrogen (secondary N) is 1. The molecule has 2 atom stereocenters. The molecule has 1 aliphatic heterocycles. The van der Waals surface area contributed by atoms with Gasteiger partial charge in [-0.15, -0.1) is 0 Å². The van der Waals surface area contributed by atoms with Crippen molar-refractivity contribution in [1.29, 1.82) is 0 Å². The van der Waals surface area contributed by atoms with Crippen molar-refractivity contribution < 1.29 is 24.9 Å². The minimum absolute atomic E-state index is 0.0918. The van der Waals surface area contributed by atoms with Gasteiger partial charge in [0.05, 0.1) is 16.7 Å². The molecule has 1 aliphatic rings. The molecular weight excluding hydrogens is 310 g/mol. The Kier molecular flexibility index (Phi) is 2.95. The van der Waals surface area contributed by atoms with E-state index in [1.165, 1.54) is 19.9 Å². The Morgan fingerprint density at radius 1 is 1.25 bits per heavy atom. The molecule has 2 aromatic carbocycles. The van der Waals surface area contributed by atoms with Gasteiger partial charge in [-0.3, -0.25) is 0 Å². The number of hydrogen-bond acceptors (Lipinski definition) is 5. The number of aromatic hydroxyl groups is 1. The summed E-state index contributed by atoms with van der Waals surface area (Å²) in [5, 5.41) is 32.7. The first-order valence-electron chi connectivity index (χ1n) is 7.66. The number of aromatic amines is 1. The van der Waals surface area contributed by atoms with Crippen molar-refractivity contribution in [3.05, 3.63) is 41.5 Å². The van der Waals surface area contributed by atoms with Gasteiger partial charge in [0.1, 0.15) is 11.9 Å². The van der Waals surface area contributed by atoms with Crippen LogP contribution in [-0.4, -0.2) is 38.0 Å². The number of hydrogen-bond donors (Lipinski definition) is 4. The molecule has 0 amide bonds. The highest BCUT2D eigenvalue weighted by Crippen LogP contribution is 2.44. The Labute approximate surface area is 137 Å². The molecule has 2 heterocycles. The molecule has 124 valence electrons. The number of carbonyl (C=O) groups is 1. The van der Waals surface area contributed by atoms with Crippen molar-refractivity contribution in [3.63, 3.8) is 0 Å². The van der Waals surface area contributed by atoms with Crippen molar-refractivity contribution in [2.24, 2.45) is 0 Å². The number of phenolic OH excluding ortho intramolecular Hbond substituents is 1. The van der Waals surface area contributed by atoms with E-state index >= 15 is 0 Å². The first-order valence-corrected chi connectivity index (χ1v) is 7.66. The van der Waals surface area contributed by atoms with Crippen molar-refractivity contribution in [2.75, 3.05) is 0 Å². The number of carbonyl (C=O) groups excluding carboxylic acids is 1. The monoisotopic (exact) mass is 327 g/mol. The van der Waals surface area contributed by atoms with Gasteiger partial charge in [-0.2, -0.15) is 0 Å². The molecule has 1 aromatic heterocycles. The fourth-order valence-electron chi connectivity index (χ4n) is 3.44. The highest BCUT2D eigenvalue weighted by atomic mass is 16.6. The minimum Gasteiger partial charge on any atom is -0.506 e. The van der Waals surface area contributed by atoms with Gasteiger partial charge in [0, 0.05) is 21.9 Å². The number of fused-ring (bicyclic) bond motifs is 5. The second kappa shape index (κ2) is 4.72. The first-order chi connectivity index (χ1) is 11.3. The number of ether oxygens (including phenoxy) is 1. The number of benzene rings is 2. The SMILES string of the molecule is CC(C)(O)C1OC(=O)c2cc(O)c3[nH]c4ccccc4c3c2C1O. The van der Waals surface area contributed by atoms with Crippen LogP contribution < -0.4 is 0 Å². The molecule has 24 heavy (non-hydrogen) atoms. The van der Waals surface area contributed by atoms with Crippen LogP contribution in [0.15, 0.2) is 30.3 Å². The van der Waals surface area contributed by atoms with E-state index < -0.39 is 23.8 Å². The summed E-state index contributed by atoms with van der Waals surface area (Å²) in [6, 6.07) is 8.68. The van der Waals surface area contributed by atoms with Gasteiger partial charge in [-0.1, -0.05) is 18.2 Å². The summed E-state index contributed by atoms with van der Waals surface area (Å²) in [5.74, 6) is -0.768. The summed E-state index contributed by atoms with van der Waals surface area (Å²) in [7, 11) is 0. The van der Waals surface area contributed by atoms with Gasteiger partial charge < -0.3 is 25.0 Å². The fraction of sp³-hybridized carbons (Fsp3) is 0.278. The second-order valence-corrected chi connectivity index (χ2v) is 6.70. The molecule has 0 fully saturated rings. The van der Waals surface area contributed by atoms with Gasteiger partial charge in [0.2, 0.25) is 0 Å². The summed E-state index contributed by atoms with van der Waals surface area (Å²) < 4.78 is 5.22. The number of cyclic esters (lactones) is 1. The molecular formula is C18H17NO5. The smallest absolute Gasteiger partial charge is 0.339 e. The Bertz CT molecular complexity index is 982. The zero-order valence-electron chi connectivity index (χ0n) is 13.2. The van der Waals surface area contributed by atoms with E-state index in [1.807, 2.05) is 24.3 Å². The molecule has 4 rings (SSSR count). The van der Waals surface area contributed by atoms with Gasteiger partial charge >= 0.3 is 5.97 Å². The summed E-state index contributed by atoms with van der Waals surface area (Å²) in [6.07, 6.45) is -2.31. The van der Waals surface area contributed by atoms with E-state index in [4.69, 9.17) is 4.74 Å². The van der Waals surface area contributed by atoms with Crippen molar-refractivity contribution in [3.8, 4) is 5.75 Å². The number of aromatic nitrogens is 1. The first kappa shape index (κ1) is 15.0. The van der Waals surface area contributed by atoms with E-state index in [9.17, 15) is 20.1 Å². The third kappa shape index (κ3) is 1.93. The van der Waals surface area contributed by atoms with Crippen LogP contribution in [0.5, 0.6) is 5.75 Å². The number of phenols is 1. The third-order valence-electron chi connectivity index (χ3n) is 4.54. The number of aliphatic hydroxyl groups is 2. The number of para-hydroxylation sites is 1. The standard InChI is InChI=1S/C18H17NO5/c1-18(2,23)16-15(21)13-9(17(22)24-16)7-11(20)14-12(13)8-5-3-4-6-10(8)19-14/h3-7,15-16,19-21,23H,1-2H3. The lowest BCUT2D eigenvalue weighted by Gasteiger charge is -2.37. The van der Waals surface area contributed by atoms with E-state index in [1.54, 1.807) is 0 Å². The maximum Gasteiger partial charge on any atom is 0.339 e. The zero-order valence-corrected chi connectivity index (χ0v) is 13.2. The fourth-order valence-corrected chi connectivity index (χ4v) is 3.44. The topological polar surface area (TPSA) is 103 Å². The molecule has 2 unspecified atom stereocenters. The maximum atomic E-state index is 12.4. The van der Waals surface area contributed by atoms with Crippen LogP contribution in [0.25, 0.3) is 21.8 Å². The number of aliphatic hydroxyl groups excluding tert-OH is 1. The number of H-pyrrole nitrogens is 1. The number of rotatable bonds is 1. The van der Waals surface area contributed by atoms with E-state index in [0.29, 0.717) is 16.5 Å². The van der Waals surface area contributed by atoms with Crippen molar-refractivity contribution in [1.82, 2.24) is 4.98 Å². The normalized spacial score (nSPS) is 21.1. The average Bonchev–Trinajstić information content (AvgIpc) is 2.90. The molecule has 4 N–H and O–H groups in total. The highest BCUT2D eigenvalue weighted by molar-refractivity contribution is 6.14. The van der Waals surface area contributed by atoms with Crippen molar-refractivity contribution >= 4 is 27.8 Å². The molecule has 0 bridgehead atoms. The highest BCUT2D eigenvalue weighted by Gasteiger charge is 2.44. The molecule has 6 nitrogen and oxygen atoms in total. The zero-order chi connectivity index (χ0) is 17.2. The Morgan fingerprint density at radius 3 is 2.67 bits per heavy atom. The maximum absolute atomic E-state index is 12.4. The van der Waals surface area contributed by atoms with E-state index in [2.05, 4.69) is 4.98 Å². The van der Waals surface area contributed by atoms with Crippen LogP contribution in [0.3, 0.4) is 0 Å². The van der Waals surface area contributed by atoms with E-state index in [0.717, 1.165) is 10.9 Å². The summed E-state index contributed by atoms with van der Waals surface area (Å²) in [4.78, 5) is 15.5. The predicted molar refractivity (Wildman–Crippen MR) is 87.9 cm³/mol. The Balaban J connectivity index is 2.12. The Morgan fingerprint density at radius 2 is 1.96 bits per heavy atom. The molecule has 0 aliphatic carbocycles. The molecule has 0 saturated carbocycles. The molecule has 3 aromatic rings. The van der Waals surface area contributed by atoms with Gasteiger partial charge in [0.25, 0.3) is 0 Å². The average molecular weight is 327 g/mol. The molecule has 0 saturated heterocycles. The van der Waals surface area contributed by atoms with Crippen LogP contribution >= 0.6 is 0 Å². The second-order valence-electron chi connectivity index (χ2n) is 6.70. The van der Waals surface area contributed by atoms with E-state index in [-0.39, 0.29) is 11.3 Å². The van der Waals surface area contributed by atoms with Crippen LogP contribution in [0.4, 0.5) is 0 Å². The van der Waals surface area contributed by atoms with Crippen LogP contribution in [-0.2, 0) is 4.74 Å². The molecule has 0 spiro atoms. The van der Waals surface area contributed by atoms with Crippen LogP contribution in [0, 0.1) is 0 Å². The quantitative estimate of drug-likeness (QED) is 0.514. The van der Waals surface area contributed by atoms with Crippen LogP contribution in [0.2, 0.25) is 0 Å². The van der Waals surface area contributed by atoms with Crippen LogP contribution in [0.1, 0.15) is 35.9 Å². The molecule has 6 heteroatoms. The van der Waals surface area contributed by atoms with Gasteiger partial charge in [-0.25, -0.2) is 4.79 Å². The molecule has 0 radical (unpaired) electrons. The lowest BCUT2D eigenvalue weighted by molar-refractivity contribution is -0.121. The minimum atomic E-state index is -1.41. The largest absolute Gasteiger partial charge is 0.506 e. The summed E-state index contributed by atoms with van der Waals surface area (Å²) >= 11 is 0. The van der Waals surface area contributed by atoms with Crippen molar-refractivity contribution in [2.45, 2.75) is 31.7 Å². The summed E-state index contributed by atoms with van der Waals surface area (Å²) in [5.41, 5.74) is 0.282.